The molecule has 1 aromatic rings. The Labute approximate surface area is 182 Å². The van der Waals surface area contributed by atoms with E-state index >= 15 is 0 Å². The molecule has 2 aliphatic rings. The van der Waals surface area contributed by atoms with Gasteiger partial charge in [-0.25, -0.2) is 0 Å². The van der Waals surface area contributed by atoms with Crippen LogP contribution in [0, 0.1) is 5.41 Å². The van der Waals surface area contributed by atoms with Gasteiger partial charge < -0.3 is 10.2 Å². The summed E-state index contributed by atoms with van der Waals surface area (Å²) in [6.07, 6.45) is 1.96. The van der Waals surface area contributed by atoms with Gasteiger partial charge in [0.15, 0.2) is 5.78 Å². The maximum absolute atomic E-state index is 12.8. The quantitative estimate of drug-likeness (QED) is 0.394. The molecule has 0 spiro atoms. The van der Waals surface area contributed by atoms with E-state index in [1.165, 1.54) is 4.90 Å². The fourth-order valence-electron chi connectivity index (χ4n) is 4.18. The van der Waals surface area contributed by atoms with Crippen LogP contribution in [0.15, 0.2) is 40.6 Å². The number of carbonyl (C=O) groups is 3. The molecule has 31 heavy (non-hydrogen) atoms. The van der Waals surface area contributed by atoms with Crippen LogP contribution >= 0.6 is 0 Å². The molecule has 1 aliphatic heterocycles. The van der Waals surface area contributed by atoms with Crippen LogP contribution in [0.3, 0.4) is 0 Å². The lowest BCUT2D eigenvalue weighted by Gasteiger charge is -2.32. The van der Waals surface area contributed by atoms with Gasteiger partial charge in [0.05, 0.1) is 29.3 Å². The summed E-state index contributed by atoms with van der Waals surface area (Å²) in [5, 5.41) is 20.3. The Morgan fingerprint density at radius 1 is 1.13 bits per heavy atom. The smallest absolute Gasteiger partial charge is 0.261 e. The number of imide groups is 1. The van der Waals surface area contributed by atoms with E-state index in [0.29, 0.717) is 42.5 Å². The Morgan fingerprint density at radius 2 is 1.74 bits per heavy atom. The number of aliphatic imine (C=N–C) groups is 1. The van der Waals surface area contributed by atoms with Gasteiger partial charge >= 0.3 is 0 Å². The molecular formula is C24H30N2O5. The highest BCUT2D eigenvalue weighted by Gasteiger charge is 2.37. The Bertz CT molecular complexity index is 921. The molecule has 3 rings (SSSR count). The normalized spacial score (nSPS) is 22.1. The van der Waals surface area contributed by atoms with Crippen LogP contribution in [-0.4, -0.2) is 57.6 Å². The molecule has 1 fully saturated rings. The zero-order valence-corrected chi connectivity index (χ0v) is 18.4. The lowest BCUT2D eigenvalue weighted by molar-refractivity contribution is -0.117. The second kappa shape index (κ2) is 9.14. The highest BCUT2D eigenvalue weighted by Crippen LogP contribution is 2.36. The molecule has 0 saturated heterocycles. The van der Waals surface area contributed by atoms with Crippen molar-refractivity contribution in [3.63, 3.8) is 0 Å². The second-order valence-corrected chi connectivity index (χ2v) is 8.99. The zero-order chi connectivity index (χ0) is 22.8. The number of aliphatic hydroxyl groups excluding tert-OH is 2. The monoisotopic (exact) mass is 426 g/mol. The van der Waals surface area contributed by atoms with Crippen molar-refractivity contribution in [1.29, 1.82) is 0 Å². The van der Waals surface area contributed by atoms with Gasteiger partial charge in [-0.1, -0.05) is 32.9 Å². The number of benzene rings is 1. The fourth-order valence-corrected chi connectivity index (χ4v) is 4.18. The highest BCUT2D eigenvalue weighted by atomic mass is 16.3. The number of fused-ring (bicyclic) bond motifs is 1. The van der Waals surface area contributed by atoms with E-state index in [0.717, 1.165) is 0 Å². The fraction of sp³-hybridized carbons (Fsp3) is 0.500. The third-order valence-corrected chi connectivity index (χ3v) is 5.84. The van der Waals surface area contributed by atoms with Crippen molar-refractivity contribution in [2.24, 2.45) is 10.4 Å². The third kappa shape index (κ3) is 4.77. The number of Topliss-reactive ketones (excluding diaryl/α,β-unsaturated/α-hetero) is 1. The van der Waals surface area contributed by atoms with Gasteiger partial charge in [0, 0.05) is 25.1 Å². The Kier molecular flexibility index (Phi) is 6.74. The number of hydrogen-bond acceptors (Lipinski definition) is 6. The molecule has 7 nitrogen and oxygen atoms in total. The molecule has 2 amide bonds. The van der Waals surface area contributed by atoms with Crippen LogP contribution in [0.25, 0.3) is 0 Å². The minimum atomic E-state index is -0.334. The number of allylic oxidation sites excluding steroid dienone is 2. The maximum atomic E-state index is 12.8. The van der Waals surface area contributed by atoms with Crippen molar-refractivity contribution in [2.75, 3.05) is 13.2 Å². The second-order valence-electron chi connectivity index (χ2n) is 8.99. The van der Waals surface area contributed by atoms with Gasteiger partial charge in [0.1, 0.15) is 5.76 Å². The summed E-state index contributed by atoms with van der Waals surface area (Å²) < 4.78 is 0. The molecule has 0 bridgehead atoms. The predicted molar refractivity (Wildman–Crippen MR) is 117 cm³/mol. The van der Waals surface area contributed by atoms with Crippen molar-refractivity contribution in [3.05, 3.63) is 46.7 Å². The topological polar surface area (TPSA) is 107 Å². The molecule has 0 aromatic heterocycles. The van der Waals surface area contributed by atoms with Gasteiger partial charge in [0.2, 0.25) is 0 Å². The average Bonchev–Trinajstić information content (AvgIpc) is 2.96. The number of nitrogens with zero attached hydrogens (tertiary/aromatic N) is 2. The summed E-state index contributed by atoms with van der Waals surface area (Å²) in [6, 6.07) is 6.38. The van der Waals surface area contributed by atoms with Gasteiger partial charge in [-0.15, -0.1) is 0 Å². The molecule has 1 saturated carbocycles. The molecule has 166 valence electrons. The highest BCUT2D eigenvalue weighted by molar-refractivity contribution is 6.24. The standard InChI is InChI=1S/C24H30N2O5/c1-4-15(14-27)25-18-12-24(2,3)13-20(29)21(18)19(28)10-7-11-26-22(30)16-8-5-6-9-17(16)23(26)31/h5-6,8-9,15,27-28H,4,7,10-14H2,1-3H3/b21-19-,25-18?. The van der Waals surface area contributed by atoms with Crippen LogP contribution in [0.4, 0.5) is 0 Å². The third-order valence-electron chi connectivity index (χ3n) is 5.84. The molecule has 7 heteroatoms. The summed E-state index contributed by atoms with van der Waals surface area (Å²) in [5.74, 6) is -0.900. The first-order valence-corrected chi connectivity index (χ1v) is 10.8. The van der Waals surface area contributed by atoms with Gasteiger partial charge in [-0.05, 0) is 36.8 Å². The molecule has 1 unspecified atom stereocenters. The van der Waals surface area contributed by atoms with Crippen LogP contribution in [-0.2, 0) is 4.79 Å². The van der Waals surface area contributed by atoms with Gasteiger partial charge in [0.25, 0.3) is 11.8 Å². The summed E-state index contributed by atoms with van der Waals surface area (Å²) in [7, 11) is 0. The molecule has 1 aromatic carbocycles. The number of rotatable bonds is 7. The van der Waals surface area contributed by atoms with Gasteiger partial charge in [-0.3, -0.25) is 24.3 Å². The first-order chi connectivity index (χ1) is 14.7. The van der Waals surface area contributed by atoms with E-state index in [2.05, 4.69) is 4.99 Å². The number of aliphatic hydroxyl groups is 2. The lowest BCUT2D eigenvalue weighted by atomic mass is 9.73. The average molecular weight is 427 g/mol. The maximum Gasteiger partial charge on any atom is 0.261 e. The SMILES string of the molecule is CCC(CO)N=C1CC(C)(C)CC(=O)/C1=C(\O)CCCN1C(=O)c2ccccc2C1=O. The Balaban J connectivity index is 1.76. The molecular weight excluding hydrogens is 396 g/mol. The van der Waals surface area contributed by atoms with Gasteiger partial charge in [-0.2, -0.15) is 0 Å². The van der Waals surface area contributed by atoms with Crippen LogP contribution in [0.5, 0.6) is 0 Å². The minimum Gasteiger partial charge on any atom is -0.511 e. The zero-order valence-electron chi connectivity index (χ0n) is 18.4. The lowest BCUT2D eigenvalue weighted by Crippen LogP contribution is -2.34. The molecule has 1 aliphatic carbocycles. The molecule has 2 N–H and O–H groups in total. The van der Waals surface area contributed by atoms with E-state index in [1.807, 2.05) is 20.8 Å². The van der Waals surface area contributed by atoms with Crippen LogP contribution in [0.2, 0.25) is 0 Å². The molecule has 1 heterocycles. The number of ketones is 1. The van der Waals surface area contributed by atoms with E-state index in [4.69, 9.17) is 0 Å². The molecule has 0 radical (unpaired) electrons. The first kappa shape index (κ1) is 22.9. The van der Waals surface area contributed by atoms with Crippen LogP contribution < -0.4 is 0 Å². The summed E-state index contributed by atoms with van der Waals surface area (Å²) in [5.41, 5.74) is 1.27. The van der Waals surface area contributed by atoms with E-state index in [1.54, 1.807) is 24.3 Å². The summed E-state index contributed by atoms with van der Waals surface area (Å²) in [4.78, 5) is 43.5. The molecule has 1 atom stereocenters. The summed E-state index contributed by atoms with van der Waals surface area (Å²) in [6.45, 7) is 5.91. The van der Waals surface area contributed by atoms with Crippen molar-refractivity contribution >= 4 is 23.3 Å². The minimum absolute atomic E-state index is 0.0661. The summed E-state index contributed by atoms with van der Waals surface area (Å²) >= 11 is 0. The first-order valence-electron chi connectivity index (χ1n) is 10.8. The van der Waals surface area contributed by atoms with Crippen molar-refractivity contribution in [2.45, 2.75) is 58.9 Å². The van der Waals surface area contributed by atoms with E-state index < -0.39 is 0 Å². The number of amides is 2. The van der Waals surface area contributed by atoms with Crippen LogP contribution in [0.1, 0.15) is 73.6 Å². The van der Waals surface area contributed by atoms with E-state index in [-0.39, 0.29) is 60.0 Å². The van der Waals surface area contributed by atoms with Crippen molar-refractivity contribution < 1.29 is 24.6 Å². The Morgan fingerprint density at radius 3 is 2.29 bits per heavy atom. The predicted octanol–water partition coefficient (Wildman–Crippen LogP) is 3.48. The number of carbonyl (C=O) groups excluding carboxylic acids is 3. The Hall–Kier alpha value is -2.80. The van der Waals surface area contributed by atoms with E-state index in [9.17, 15) is 24.6 Å². The number of hydrogen-bond donors (Lipinski definition) is 2. The van der Waals surface area contributed by atoms with Crippen molar-refractivity contribution in [1.82, 2.24) is 4.90 Å². The van der Waals surface area contributed by atoms with Crippen molar-refractivity contribution in [3.8, 4) is 0 Å². The largest absolute Gasteiger partial charge is 0.511 e.